The smallest absolute Gasteiger partial charge is 0.257 e. The van der Waals surface area contributed by atoms with Gasteiger partial charge in [-0.2, -0.15) is 0 Å². The number of carbonyl (C=O) groups is 1. The first-order valence-electron chi connectivity index (χ1n) is 11.3. The van der Waals surface area contributed by atoms with E-state index in [0.29, 0.717) is 40.5 Å². The van der Waals surface area contributed by atoms with E-state index >= 15 is 4.39 Å². The number of halogens is 3. The van der Waals surface area contributed by atoms with Crippen molar-refractivity contribution in [1.82, 2.24) is 5.32 Å². The average Bonchev–Trinajstić information content (AvgIpc) is 3.24. The van der Waals surface area contributed by atoms with Gasteiger partial charge >= 0.3 is 0 Å². The summed E-state index contributed by atoms with van der Waals surface area (Å²) in [6.45, 7) is 0.108. The first kappa shape index (κ1) is 23.6. The summed E-state index contributed by atoms with van der Waals surface area (Å²) in [6, 6.07) is 19.1. The molecule has 1 amide bonds. The van der Waals surface area contributed by atoms with Gasteiger partial charge in [0.1, 0.15) is 5.82 Å². The van der Waals surface area contributed by atoms with Gasteiger partial charge in [-0.05, 0) is 42.3 Å². The first-order chi connectivity index (χ1) is 16.9. The molecule has 2 aliphatic rings. The van der Waals surface area contributed by atoms with Gasteiger partial charge < -0.3 is 10.1 Å². The van der Waals surface area contributed by atoms with Crippen LogP contribution in [0.3, 0.4) is 0 Å². The zero-order valence-corrected chi connectivity index (χ0v) is 19.5. The Morgan fingerprint density at radius 3 is 2.54 bits per heavy atom. The summed E-state index contributed by atoms with van der Waals surface area (Å²) in [5.74, 6) is -1.85. The predicted molar refractivity (Wildman–Crippen MR) is 130 cm³/mol. The van der Waals surface area contributed by atoms with Gasteiger partial charge in [0.2, 0.25) is 0 Å². The summed E-state index contributed by atoms with van der Waals surface area (Å²) in [4.78, 5) is 17.6. The third-order valence-corrected chi connectivity index (χ3v) is 7.59. The number of thioether (sulfide) groups is 1. The van der Waals surface area contributed by atoms with E-state index in [1.165, 1.54) is 23.9 Å². The molecule has 3 aromatic rings. The van der Waals surface area contributed by atoms with Crippen molar-refractivity contribution in [2.45, 2.75) is 31.1 Å². The van der Waals surface area contributed by atoms with Gasteiger partial charge in [-0.1, -0.05) is 54.2 Å². The minimum atomic E-state index is -0.922. The number of fused-ring (bicyclic) bond motifs is 1. The molecule has 5 rings (SSSR count). The highest BCUT2D eigenvalue weighted by molar-refractivity contribution is 8.13. The zero-order valence-electron chi connectivity index (χ0n) is 18.7. The maximum atomic E-state index is 15.0. The molecule has 1 aliphatic carbocycles. The van der Waals surface area contributed by atoms with Gasteiger partial charge in [-0.3, -0.25) is 9.79 Å². The molecule has 1 saturated carbocycles. The zero-order chi connectivity index (χ0) is 24.4. The van der Waals surface area contributed by atoms with Crippen molar-refractivity contribution in [3.05, 3.63) is 107 Å². The first-order valence-corrected chi connectivity index (χ1v) is 12.3. The van der Waals surface area contributed by atoms with Crippen molar-refractivity contribution in [2.24, 2.45) is 10.9 Å². The number of ether oxygens (including phenoxy) is 1. The second-order valence-corrected chi connectivity index (χ2v) is 9.78. The molecule has 3 atom stereocenters. The summed E-state index contributed by atoms with van der Waals surface area (Å²) in [6.07, 6.45) is 0.781. The Morgan fingerprint density at radius 2 is 1.77 bits per heavy atom. The third kappa shape index (κ3) is 4.86. The maximum Gasteiger partial charge on any atom is 0.257 e. The van der Waals surface area contributed by atoms with Gasteiger partial charge in [-0.15, -0.1) is 0 Å². The van der Waals surface area contributed by atoms with Crippen molar-refractivity contribution < 1.29 is 22.7 Å². The molecule has 0 bridgehead atoms. The quantitative estimate of drug-likeness (QED) is 0.484. The molecule has 1 fully saturated rings. The number of amidine groups is 1. The monoisotopic (exact) mass is 496 g/mol. The Bertz CT molecular complexity index is 1270. The van der Waals surface area contributed by atoms with E-state index < -0.39 is 17.2 Å². The summed E-state index contributed by atoms with van der Waals surface area (Å²) in [5, 5.41) is 3.32. The molecule has 1 aliphatic heterocycles. The van der Waals surface area contributed by atoms with Crippen LogP contribution in [0.4, 0.5) is 13.2 Å². The normalized spacial score (nSPS) is 23.5. The van der Waals surface area contributed by atoms with Crippen LogP contribution in [0.2, 0.25) is 0 Å². The highest BCUT2D eigenvalue weighted by Gasteiger charge is 2.52. The summed E-state index contributed by atoms with van der Waals surface area (Å²) in [5.41, 5.74) is 0.606. The van der Waals surface area contributed by atoms with Crippen LogP contribution in [0, 0.1) is 23.4 Å². The van der Waals surface area contributed by atoms with Gasteiger partial charge in [0, 0.05) is 29.2 Å². The van der Waals surface area contributed by atoms with Crippen molar-refractivity contribution in [3.63, 3.8) is 0 Å². The number of carbonyl (C=O) groups excluding carboxylic acids is 1. The lowest BCUT2D eigenvalue weighted by atomic mass is 9.81. The van der Waals surface area contributed by atoms with Crippen LogP contribution < -0.4 is 5.32 Å². The number of nitrogens with one attached hydrogen (secondary N) is 1. The number of nitrogens with zero attached hydrogens (tertiary/aromatic N) is 1. The Labute approximate surface area is 205 Å². The van der Waals surface area contributed by atoms with E-state index in [2.05, 4.69) is 5.32 Å². The lowest BCUT2D eigenvalue weighted by molar-refractivity contribution is 0.0405. The molecule has 1 N–H and O–H groups in total. The third-order valence-electron chi connectivity index (χ3n) is 6.55. The van der Waals surface area contributed by atoms with Gasteiger partial charge in [-0.25, -0.2) is 13.2 Å². The standard InChI is InChI=1S/C27H23F3N2O2S/c28-22-9-5-4-8-21(22)27-14-20(34-15-17-10-11-23(29)24(30)12-17)13-19(27)16-35-26(32-27)31-25(33)18-6-2-1-3-7-18/h1-12,19-20H,13-16H2,(H,31,32,33)/t19?,20-,27-/m0/s1. The van der Waals surface area contributed by atoms with Crippen molar-refractivity contribution in [3.8, 4) is 0 Å². The molecule has 0 saturated heterocycles. The molecule has 3 aromatic carbocycles. The molecule has 0 radical (unpaired) electrons. The fourth-order valence-corrected chi connectivity index (χ4v) is 6.00. The summed E-state index contributed by atoms with van der Waals surface area (Å²) >= 11 is 1.43. The van der Waals surface area contributed by atoms with Gasteiger partial charge in [0.25, 0.3) is 5.91 Å². The molecule has 4 nitrogen and oxygen atoms in total. The highest BCUT2D eigenvalue weighted by atomic mass is 32.2. The number of aliphatic imine (C=N–C) groups is 1. The Balaban J connectivity index is 1.41. The molecule has 8 heteroatoms. The predicted octanol–water partition coefficient (Wildman–Crippen LogP) is 5.83. The molecule has 1 unspecified atom stereocenters. The number of amides is 1. The Kier molecular flexibility index (Phi) is 6.67. The highest BCUT2D eigenvalue weighted by Crippen LogP contribution is 2.52. The van der Waals surface area contributed by atoms with E-state index in [4.69, 9.17) is 9.73 Å². The number of hydrogen-bond donors (Lipinski definition) is 1. The van der Waals surface area contributed by atoms with Crippen LogP contribution in [0.5, 0.6) is 0 Å². The minimum Gasteiger partial charge on any atom is -0.373 e. The van der Waals surface area contributed by atoms with E-state index in [1.54, 1.807) is 42.5 Å². The van der Waals surface area contributed by atoms with Crippen molar-refractivity contribution >= 4 is 22.8 Å². The number of benzene rings is 3. The fraction of sp³-hybridized carbons (Fsp3) is 0.259. The lowest BCUT2D eigenvalue weighted by Gasteiger charge is -2.36. The fourth-order valence-electron chi connectivity index (χ4n) is 4.84. The number of rotatable bonds is 5. The Morgan fingerprint density at radius 1 is 1.00 bits per heavy atom. The molecule has 0 aromatic heterocycles. The van der Waals surface area contributed by atoms with Crippen LogP contribution in [-0.4, -0.2) is 22.9 Å². The summed E-state index contributed by atoms with van der Waals surface area (Å²) in [7, 11) is 0. The molecule has 180 valence electrons. The molecule has 35 heavy (non-hydrogen) atoms. The van der Waals surface area contributed by atoms with Gasteiger partial charge in [0.15, 0.2) is 16.8 Å². The van der Waals surface area contributed by atoms with Crippen molar-refractivity contribution in [2.75, 3.05) is 5.75 Å². The largest absolute Gasteiger partial charge is 0.373 e. The van der Waals surface area contributed by atoms with Crippen molar-refractivity contribution in [1.29, 1.82) is 0 Å². The van der Waals surface area contributed by atoms with E-state index in [-0.39, 0.29) is 30.4 Å². The van der Waals surface area contributed by atoms with E-state index in [0.717, 1.165) is 12.1 Å². The van der Waals surface area contributed by atoms with Crippen LogP contribution >= 0.6 is 11.8 Å². The van der Waals surface area contributed by atoms with Crippen LogP contribution in [0.1, 0.15) is 34.3 Å². The molecule has 1 heterocycles. The maximum absolute atomic E-state index is 15.0. The SMILES string of the molecule is O=C(NC1=N[C@@]2(c3ccccc3F)C[C@@H](OCc3ccc(F)c(F)c3)CC2CS1)c1ccccc1. The van der Waals surface area contributed by atoms with Crippen LogP contribution in [-0.2, 0) is 16.9 Å². The molecule has 0 spiro atoms. The Hall–Kier alpha value is -3.10. The lowest BCUT2D eigenvalue weighted by Crippen LogP contribution is -2.40. The topological polar surface area (TPSA) is 50.7 Å². The second-order valence-electron chi connectivity index (χ2n) is 8.77. The minimum absolute atomic E-state index is 0.0169. The second kappa shape index (κ2) is 9.87. The number of hydrogen-bond acceptors (Lipinski definition) is 4. The van der Waals surface area contributed by atoms with Crippen LogP contribution in [0.25, 0.3) is 0 Å². The van der Waals surface area contributed by atoms with E-state index in [9.17, 15) is 13.6 Å². The van der Waals surface area contributed by atoms with Crippen LogP contribution in [0.15, 0.2) is 77.8 Å². The molecular formula is C27H23F3N2O2S. The van der Waals surface area contributed by atoms with Gasteiger partial charge in [0.05, 0.1) is 18.2 Å². The average molecular weight is 497 g/mol. The molecular weight excluding hydrogens is 473 g/mol. The van der Waals surface area contributed by atoms with E-state index in [1.807, 2.05) is 6.07 Å². The summed E-state index contributed by atoms with van der Waals surface area (Å²) < 4.78 is 48.0.